The van der Waals surface area contributed by atoms with Crippen molar-refractivity contribution in [3.8, 4) is 0 Å². The van der Waals surface area contributed by atoms with Crippen molar-refractivity contribution in [1.82, 2.24) is 0 Å². The summed E-state index contributed by atoms with van der Waals surface area (Å²) in [4.78, 5) is 11.9. The summed E-state index contributed by atoms with van der Waals surface area (Å²) in [6.45, 7) is 3.91. The molecule has 0 radical (unpaired) electrons. The number of methoxy groups -OCH3 is 1. The van der Waals surface area contributed by atoms with Crippen LogP contribution in [0.25, 0.3) is 0 Å². The number of nitrogens with one attached hydrogen (secondary N) is 1. The number of hydrogen-bond donors (Lipinski definition) is 1. The van der Waals surface area contributed by atoms with Gasteiger partial charge in [0.05, 0.1) is 7.11 Å². The van der Waals surface area contributed by atoms with Gasteiger partial charge in [-0.15, -0.1) is 0 Å². The van der Waals surface area contributed by atoms with Gasteiger partial charge in [0.1, 0.15) is 5.54 Å². The van der Waals surface area contributed by atoms with Crippen LogP contribution in [-0.4, -0.2) is 18.6 Å². The molecule has 0 aromatic heterocycles. The highest BCUT2D eigenvalue weighted by Crippen LogP contribution is 2.25. The second-order valence-corrected chi connectivity index (χ2v) is 4.35. The molecule has 0 spiro atoms. The topological polar surface area (TPSA) is 38.3 Å². The molecule has 1 aromatic carbocycles. The Balaban J connectivity index is 2.98. The van der Waals surface area contributed by atoms with Gasteiger partial charge in [-0.2, -0.15) is 0 Å². The van der Waals surface area contributed by atoms with E-state index in [0.29, 0.717) is 17.9 Å². The van der Waals surface area contributed by atoms with Crippen molar-refractivity contribution in [2.24, 2.45) is 0 Å². The molecule has 0 saturated heterocycles. The number of carbonyl (C=O) groups excluding carboxylic acids is 1. The van der Waals surface area contributed by atoms with Crippen LogP contribution in [0.2, 0.25) is 5.02 Å². The average molecular weight is 256 g/mol. The van der Waals surface area contributed by atoms with E-state index in [-0.39, 0.29) is 5.97 Å². The lowest BCUT2D eigenvalue weighted by molar-refractivity contribution is -0.146. The highest BCUT2D eigenvalue weighted by atomic mass is 35.5. The van der Waals surface area contributed by atoms with E-state index >= 15 is 0 Å². The highest BCUT2D eigenvalue weighted by Gasteiger charge is 2.35. The Morgan fingerprint density at radius 3 is 2.53 bits per heavy atom. The van der Waals surface area contributed by atoms with Crippen molar-refractivity contribution in [2.75, 3.05) is 12.4 Å². The fourth-order valence-electron chi connectivity index (χ4n) is 1.80. The van der Waals surface area contributed by atoms with E-state index in [1.165, 1.54) is 7.11 Å². The van der Waals surface area contributed by atoms with Crippen LogP contribution in [0.15, 0.2) is 24.3 Å². The van der Waals surface area contributed by atoms with Crippen molar-refractivity contribution in [3.63, 3.8) is 0 Å². The number of rotatable bonds is 5. The van der Waals surface area contributed by atoms with Crippen molar-refractivity contribution < 1.29 is 9.53 Å². The van der Waals surface area contributed by atoms with Crippen LogP contribution in [0.3, 0.4) is 0 Å². The molecular weight excluding hydrogens is 238 g/mol. The number of esters is 1. The molecule has 0 aliphatic carbocycles. The fraction of sp³-hybridized carbons (Fsp3) is 0.462. The fourth-order valence-corrected chi connectivity index (χ4v) is 1.99. The molecule has 4 heteroatoms. The molecule has 0 saturated carbocycles. The van der Waals surface area contributed by atoms with Crippen LogP contribution < -0.4 is 5.32 Å². The van der Waals surface area contributed by atoms with Gasteiger partial charge in [0.2, 0.25) is 0 Å². The van der Waals surface area contributed by atoms with Gasteiger partial charge in [0, 0.05) is 10.7 Å². The minimum atomic E-state index is -0.681. The average Bonchev–Trinajstić information content (AvgIpc) is 2.35. The van der Waals surface area contributed by atoms with Crippen molar-refractivity contribution in [3.05, 3.63) is 29.3 Å². The number of hydrogen-bond acceptors (Lipinski definition) is 3. The van der Waals surface area contributed by atoms with E-state index in [2.05, 4.69) is 5.32 Å². The van der Waals surface area contributed by atoms with E-state index in [0.717, 1.165) is 5.69 Å². The van der Waals surface area contributed by atoms with Crippen LogP contribution in [0.4, 0.5) is 5.69 Å². The van der Waals surface area contributed by atoms with Gasteiger partial charge < -0.3 is 10.1 Å². The van der Waals surface area contributed by atoms with E-state index in [1.807, 2.05) is 26.0 Å². The number of ether oxygens (including phenoxy) is 1. The molecule has 0 unspecified atom stereocenters. The van der Waals surface area contributed by atoms with Gasteiger partial charge in [-0.1, -0.05) is 31.5 Å². The van der Waals surface area contributed by atoms with Crippen LogP contribution in [0.5, 0.6) is 0 Å². The summed E-state index contributed by atoms with van der Waals surface area (Å²) >= 11 is 5.92. The lowest BCUT2D eigenvalue weighted by atomic mass is 9.92. The SMILES string of the molecule is CCC(CC)(Nc1cccc(Cl)c1)C(=O)OC. The van der Waals surface area contributed by atoms with Crippen LogP contribution in [0.1, 0.15) is 26.7 Å². The van der Waals surface area contributed by atoms with Gasteiger partial charge in [-0.3, -0.25) is 0 Å². The number of carbonyl (C=O) groups is 1. The van der Waals surface area contributed by atoms with Gasteiger partial charge >= 0.3 is 5.97 Å². The molecule has 94 valence electrons. The first-order chi connectivity index (χ1) is 8.07. The summed E-state index contributed by atoms with van der Waals surface area (Å²) in [7, 11) is 1.40. The van der Waals surface area contributed by atoms with E-state index in [1.54, 1.807) is 12.1 Å². The molecule has 0 aliphatic rings. The zero-order chi connectivity index (χ0) is 12.9. The van der Waals surface area contributed by atoms with Crippen LogP contribution >= 0.6 is 11.6 Å². The first kappa shape index (κ1) is 13.8. The molecule has 1 aromatic rings. The first-order valence-electron chi connectivity index (χ1n) is 5.70. The van der Waals surface area contributed by atoms with E-state index < -0.39 is 5.54 Å². The molecule has 0 heterocycles. The van der Waals surface area contributed by atoms with Crippen molar-refractivity contribution >= 4 is 23.3 Å². The third kappa shape index (κ3) is 3.13. The summed E-state index contributed by atoms with van der Waals surface area (Å²) in [5, 5.41) is 3.86. The maximum absolute atomic E-state index is 11.9. The zero-order valence-corrected chi connectivity index (χ0v) is 11.2. The van der Waals surface area contributed by atoms with Crippen molar-refractivity contribution in [2.45, 2.75) is 32.2 Å². The predicted molar refractivity (Wildman–Crippen MR) is 70.4 cm³/mol. The minimum Gasteiger partial charge on any atom is -0.467 e. The number of anilines is 1. The summed E-state index contributed by atoms with van der Waals surface area (Å²) < 4.78 is 4.87. The highest BCUT2D eigenvalue weighted by molar-refractivity contribution is 6.30. The lowest BCUT2D eigenvalue weighted by Crippen LogP contribution is -2.46. The normalized spacial score (nSPS) is 11.1. The molecule has 0 atom stereocenters. The number of benzene rings is 1. The van der Waals surface area contributed by atoms with E-state index in [4.69, 9.17) is 16.3 Å². The summed E-state index contributed by atoms with van der Waals surface area (Å²) in [5.41, 5.74) is 0.144. The van der Waals surface area contributed by atoms with Crippen LogP contribution in [0, 0.1) is 0 Å². The standard InChI is InChI=1S/C13H18ClNO2/c1-4-13(5-2,12(16)17-3)15-11-8-6-7-10(14)9-11/h6-9,15H,4-5H2,1-3H3. The third-order valence-electron chi connectivity index (χ3n) is 2.99. The Kier molecular flexibility index (Phi) is 4.82. The smallest absolute Gasteiger partial charge is 0.331 e. The molecular formula is C13H18ClNO2. The maximum Gasteiger partial charge on any atom is 0.331 e. The lowest BCUT2D eigenvalue weighted by Gasteiger charge is -2.30. The molecule has 17 heavy (non-hydrogen) atoms. The molecule has 0 amide bonds. The van der Waals surface area contributed by atoms with Gasteiger partial charge in [-0.05, 0) is 31.0 Å². The minimum absolute atomic E-state index is 0.248. The molecule has 0 fully saturated rings. The first-order valence-corrected chi connectivity index (χ1v) is 6.08. The van der Waals surface area contributed by atoms with Gasteiger partial charge in [0.15, 0.2) is 0 Å². The summed E-state index contributed by atoms with van der Waals surface area (Å²) in [6.07, 6.45) is 1.31. The zero-order valence-electron chi connectivity index (χ0n) is 10.4. The molecule has 3 nitrogen and oxygen atoms in total. The second-order valence-electron chi connectivity index (χ2n) is 3.92. The third-order valence-corrected chi connectivity index (χ3v) is 3.23. The van der Waals surface area contributed by atoms with Crippen molar-refractivity contribution in [1.29, 1.82) is 0 Å². The van der Waals surface area contributed by atoms with E-state index in [9.17, 15) is 4.79 Å². The molecule has 0 bridgehead atoms. The Hall–Kier alpha value is -1.22. The van der Waals surface area contributed by atoms with Gasteiger partial charge in [-0.25, -0.2) is 4.79 Å². The maximum atomic E-state index is 11.9. The molecule has 1 N–H and O–H groups in total. The molecule has 1 rings (SSSR count). The Morgan fingerprint density at radius 2 is 2.06 bits per heavy atom. The number of halogens is 1. The summed E-state index contributed by atoms with van der Waals surface area (Å²) in [5.74, 6) is -0.248. The second kappa shape index (κ2) is 5.92. The quantitative estimate of drug-likeness (QED) is 0.819. The monoisotopic (exact) mass is 255 g/mol. The Bertz CT molecular complexity index is 389. The van der Waals surface area contributed by atoms with Crippen LogP contribution in [-0.2, 0) is 9.53 Å². The predicted octanol–water partition coefficient (Wildman–Crippen LogP) is 3.48. The summed E-state index contributed by atoms with van der Waals surface area (Å²) in [6, 6.07) is 7.32. The largest absolute Gasteiger partial charge is 0.467 e. The Labute approximate surface area is 107 Å². The van der Waals surface area contributed by atoms with Gasteiger partial charge in [0.25, 0.3) is 0 Å². The Morgan fingerprint density at radius 1 is 1.41 bits per heavy atom. The molecule has 0 aliphatic heterocycles.